The van der Waals surface area contributed by atoms with E-state index in [-0.39, 0.29) is 11.8 Å². The van der Waals surface area contributed by atoms with Crippen molar-refractivity contribution < 1.29 is 14.2 Å². The van der Waals surface area contributed by atoms with Crippen LogP contribution in [0, 0.1) is 5.82 Å². The average molecular weight is 253 g/mol. The zero-order valence-electron chi connectivity index (χ0n) is 10.9. The Morgan fingerprint density at radius 3 is 2.67 bits per heavy atom. The van der Waals surface area contributed by atoms with E-state index in [4.69, 9.17) is 4.74 Å². The van der Waals surface area contributed by atoms with Crippen LogP contribution in [-0.2, 0) is 4.74 Å². The second-order valence-corrected chi connectivity index (χ2v) is 4.89. The van der Waals surface area contributed by atoms with Gasteiger partial charge < -0.3 is 9.84 Å². The van der Waals surface area contributed by atoms with Gasteiger partial charge >= 0.3 is 0 Å². The Hall–Kier alpha value is -1.13. The van der Waals surface area contributed by atoms with E-state index in [2.05, 4.69) is 4.90 Å². The SMILES string of the molecule is CC(c1ccc(F)cc1O)N(C)C1CCOCC1. The fraction of sp³-hybridized carbons (Fsp3) is 0.571. The average Bonchev–Trinajstić information content (AvgIpc) is 2.38. The molecule has 0 radical (unpaired) electrons. The van der Waals surface area contributed by atoms with Gasteiger partial charge in [0.05, 0.1) is 0 Å². The molecule has 18 heavy (non-hydrogen) atoms. The minimum Gasteiger partial charge on any atom is -0.508 e. The van der Waals surface area contributed by atoms with E-state index in [1.54, 1.807) is 6.07 Å². The molecule has 1 aliphatic rings. The molecule has 1 heterocycles. The second kappa shape index (κ2) is 5.67. The molecule has 0 saturated carbocycles. The third-order valence-corrected chi connectivity index (χ3v) is 3.82. The van der Waals surface area contributed by atoms with Gasteiger partial charge in [-0.2, -0.15) is 0 Å². The largest absolute Gasteiger partial charge is 0.508 e. The molecule has 4 heteroatoms. The van der Waals surface area contributed by atoms with Crippen LogP contribution in [-0.4, -0.2) is 36.3 Å². The van der Waals surface area contributed by atoms with Crippen LogP contribution in [0.15, 0.2) is 18.2 Å². The molecule has 1 fully saturated rings. The van der Waals surface area contributed by atoms with E-state index < -0.39 is 5.82 Å². The first-order valence-electron chi connectivity index (χ1n) is 6.37. The number of benzene rings is 1. The van der Waals surface area contributed by atoms with Crippen molar-refractivity contribution in [3.63, 3.8) is 0 Å². The van der Waals surface area contributed by atoms with Crippen molar-refractivity contribution >= 4 is 0 Å². The third kappa shape index (κ3) is 2.82. The molecular formula is C14H20FNO2. The first kappa shape index (κ1) is 13.3. The molecule has 3 nitrogen and oxygen atoms in total. The summed E-state index contributed by atoms with van der Waals surface area (Å²) in [5, 5.41) is 9.82. The fourth-order valence-electron chi connectivity index (χ4n) is 2.50. The summed E-state index contributed by atoms with van der Waals surface area (Å²) in [6.45, 7) is 3.61. The normalized spacial score (nSPS) is 19.1. The molecule has 0 aliphatic carbocycles. The standard InChI is InChI=1S/C14H20FNO2/c1-10(13-4-3-11(15)9-14(13)17)16(2)12-5-7-18-8-6-12/h3-4,9-10,12,17H,5-8H2,1-2H3. The highest BCUT2D eigenvalue weighted by Gasteiger charge is 2.24. The number of phenols is 1. The van der Waals surface area contributed by atoms with Crippen molar-refractivity contribution in [3.05, 3.63) is 29.6 Å². The zero-order chi connectivity index (χ0) is 13.1. The van der Waals surface area contributed by atoms with Crippen LogP contribution in [0.5, 0.6) is 5.75 Å². The topological polar surface area (TPSA) is 32.7 Å². The molecule has 1 aromatic rings. The van der Waals surface area contributed by atoms with Gasteiger partial charge in [0, 0.05) is 36.9 Å². The van der Waals surface area contributed by atoms with Gasteiger partial charge in [-0.3, -0.25) is 4.90 Å². The lowest BCUT2D eigenvalue weighted by molar-refractivity contribution is 0.0305. The summed E-state index contributed by atoms with van der Waals surface area (Å²) in [7, 11) is 2.05. The monoisotopic (exact) mass is 253 g/mol. The molecule has 0 amide bonds. The molecule has 0 bridgehead atoms. The number of hydrogen-bond donors (Lipinski definition) is 1. The van der Waals surface area contributed by atoms with Gasteiger partial charge in [0.1, 0.15) is 11.6 Å². The van der Waals surface area contributed by atoms with Crippen LogP contribution in [0.2, 0.25) is 0 Å². The summed E-state index contributed by atoms with van der Waals surface area (Å²) in [5.74, 6) is -0.376. The third-order valence-electron chi connectivity index (χ3n) is 3.82. The highest BCUT2D eigenvalue weighted by atomic mass is 19.1. The number of rotatable bonds is 3. The number of hydrogen-bond acceptors (Lipinski definition) is 3. The van der Waals surface area contributed by atoms with Crippen LogP contribution in [0.1, 0.15) is 31.4 Å². The molecule has 1 N–H and O–H groups in total. The van der Waals surface area contributed by atoms with Crippen molar-refractivity contribution in [1.29, 1.82) is 0 Å². The maximum atomic E-state index is 13.0. The van der Waals surface area contributed by atoms with E-state index in [0.717, 1.165) is 31.6 Å². The first-order chi connectivity index (χ1) is 8.59. The Morgan fingerprint density at radius 1 is 1.39 bits per heavy atom. The summed E-state index contributed by atoms with van der Waals surface area (Å²) in [6, 6.07) is 4.74. The van der Waals surface area contributed by atoms with Gasteiger partial charge in [-0.25, -0.2) is 4.39 Å². The minimum atomic E-state index is -0.405. The number of halogens is 1. The van der Waals surface area contributed by atoms with E-state index in [0.29, 0.717) is 6.04 Å². The van der Waals surface area contributed by atoms with E-state index in [9.17, 15) is 9.50 Å². The van der Waals surface area contributed by atoms with Gasteiger partial charge in [-0.15, -0.1) is 0 Å². The van der Waals surface area contributed by atoms with Crippen molar-refractivity contribution in [2.24, 2.45) is 0 Å². The van der Waals surface area contributed by atoms with Crippen LogP contribution in [0.4, 0.5) is 4.39 Å². The van der Waals surface area contributed by atoms with Gasteiger partial charge in [0.25, 0.3) is 0 Å². The number of phenolic OH excluding ortho intramolecular Hbond substituents is 1. The van der Waals surface area contributed by atoms with Gasteiger partial charge in [-0.05, 0) is 32.9 Å². The molecule has 1 atom stereocenters. The lowest BCUT2D eigenvalue weighted by Crippen LogP contribution is -2.38. The molecule has 1 unspecified atom stereocenters. The predicted molar refractivity (Wildman–Crippen MR) is 68.1 cm³/mol. The second-order valence-electron chi connectivity index (χ2n) is 4.89. The molecule has 0 spiro atoms. The first-order valence-corrected chi connectivity index (χ1v) is 6.37. The lowest BCUT2D eigenvalue weighted by atomic mass is 10.0. The Kier molecular flexibility index (Phi) is 4.19. The Balaban J connectivity index is 2.11. The van der Waals surface area contributed by atoms with Crippen molar-refractivity contribution in [3.8, 4) is 5.75 Å². The summed E-state index contributed by atoms with van der Waals surface area (Å²) in [6.07, 6.45) is 2.01. The van der Waals surface area contributed by atoms with Gasteiger partial charge in [-0.1, -0.05) is 6.07 Å². The Morgan fingerprint density at radius 2 is 2.06 bits per heavy atom. The van der Waals surface area contributed by atoms with Gasteiger partial charge in [0.2, 0.25) is 0 Å². The summed E-state index contributed by atoms with van der Waals surface area (Å²) < 4.78 is 18.3. The van der Waals surface area contributed by atoms with Crippen LogP contribution >= 0.6 is 0 Å². The maximum absolute atomic E-state index is 13.0. The quantitative estimate of drug-likeness (QED) is 0.899. The molecular weight excluding hydrogens is 233 g/mol. The molecule has 1 saturated heterocycles. The Labute approximate surface area is 107 Å². The van der Waals surface area contributed by atoms with Gasteiger partial charge in [0.15, 0.2) is 0 Å². The number of aromatic hydroxyl groups is 1. The summed E-state index contributed by atoms with van der Waals surface area (Å²) in [5.41, 5.74) is 0.769. The van der Waals surface area contributed by atoms with E-state index in [1.165, 1.54) is 12.1 Å². The molecule has 0 aromatic heterocycles. The zero-order valence-corrected chi connectivity index (χ0v) is 10.9. The predicted octanol–water partition coefficient (Wildman–Crippen LogP) is 2.70. The van der Waals surface area contributed by atoms with Crippen molar-refractivity contribution in [2.75, 3.05) is 20.3 Å². The smallest absolute Gasteiger partial charge is 0.126 e. The fourth-order valence-corrected chi connectivity index (χ4v) is 2.50. The highest BCUT2D eigenvalue weighted by molar-refractivity contribution is 5.35. The van der Waals surface area contributed by atoms with Crippen LogP contribution < -0.4 is 0 Å². The lowest BCUT2D eigenvalue weighted by Gasteiger charge is -2.35. The maximum Gasteiger partial charge on any atom is 0.126 e. The molecule has 1 aromatic carbocycles. The molecule has 100 valence electrons. The van der Waals surface area contributed by atoms with Crippen LogP contribution in [0.25, 0.3) is 0 Å². The minimum absolute atomic E-state index is 0.0291. The number of ether oxygens (including phenoxy) is 1. The van der Waals surface area contributed by atoms with Crippen LogP contribution in [0.3, 0.4) is 0 Å². The summed E-state index contributed by atoms with van der Waals surface area (Å²) in [4.78, 5) is 2.23. The highest BCUT2D eigenvalue weighted by Crippen LogP contribution is 2.31. The van der Waals surface area contributed by atoms with E-state index >= 15 is 0 Å². The summed E-state index contributed by atoms with van der Waals surface area (Å²) >= 11 is 0. The Bertz CT molecular complexity index is 405. The van der Waals surface area contributed by atoms with Crippen molar-refractivity contribution in [2.45, 2.75) is 31.8 Å². The van der Waals surface area contributed by atoms with Crippen molar-refractivity contribution in [1.82, 2.24) is 4.90 Å². The number of nitrogens with zero attached hydrogens (tertiary/aromatic N) is 1. The molecule has 1 aliphatic heterocycles. The van der Waals surface area contributed by atoms with E-state index in [1.807, 2.05) is 14.0 Å². The molecule has 2 rings (SSSR count).